The van der Waals surface area contributed by atoms with Crippen molar-refractivity contribution in [1.82, 2.24) is 10.3 Å². The predicted octanol–water partition coefficient (Wildman–Crippen LogP) is 1.47. The second kappa shape index (κ2) is 6.14. The van der Waals surface area contributed by atoms with Crippen molar-refractivity contribution in [2.45, 2.75) is 6.42 Å². The Kier molecular flexibility index (Phi) is 4.78. The van der Waals surface area contributed by atoms with Crippen LogP contribution in [0, 0.1) is 11.3 Å². The summed E-state index contributed by atoms with van der Waals surface area (Å²) in [5.41, 5.74) is 0.788. The minimum absolute atomic E-state index is 0.208. The molecule has 0 radical (unpaired) electrons. The molecule has 1 aromatic heterocycles. The van der Waals surface area contributed by atoms with Gasteiger partial charge in [-0.2, -0.15) is 5.26 Å². The molecule has 1 heterocycles. The minimum Gasteiger partial charge on any atom is -0.351 e. The minimum atomic E-state index is -0.208. The molecule has 1 rings (SSSR count). The fourth-order valence-corrected chi connectivity index (χ4v) is 1.23. The molecule has 0 aliphatic rings. The van der Waals surface area contributed by atoms with E-state index in [-0.39, 0.29) is 5.91 Å². The highest BCUT2D eigenvalue weighted by Crippen LogP contribution is 1.98. The highest BCUT2D eigenvalue weighted by Gasteiger charge is 2.05. The smallest absolute Gasteiger partial charge is 0.269 e. The van der Waals surface area contributed by atoms with Gasteiger partial charge in [0.25, 0.3) is 5.91 Å². The summed E-state index contributed by atoms with van der Waals surface area (Å²) in [6.45, 7) is 0.617. The molecule has 0 spiro atoms. The van der Waals surface area contributed by atoms with Gasteiger partial charge < -0.3 is 5.32 Å². The zero-order valence-corrected chi connectivity index (χ0v) is 9.62. The average Bonchev–Trinajstić information content (AvgIpc) is 2.29. The third-order valence-corrected chi connectivity index (χ3v) is 2.28. The molecule has 78 valence electrons. The first kappa shape index (κ1) is 11.7. The molecule has 0 aromatic carbocycles. The number of carbonyl (C=O) groups excluding carboxylic acids is 1. The number of halogens is 1. The van der Waals surface area contributed by atoms with Crippen molar-refractivity contribution in [1.29, 1.82) is 5.26 Å². The predicted molar refractivity (Wildman–Crippen MR) is 59.7 cm³/mol. The summed E-state index contributed by atoms with van der Waals surface area (Å²) in [7, 11) is 0. The van der Waals surface area contributed by atoms with Crippen LogP contribution in [0.25, 0.3) is 0 Å². The van der Waals surface area contributed by atoms with E-state index in [2.05, 4.69) is 26.2 Å². The van der Waals surface area contributed by atoms with Gasteiger partial charge in [0.15, 0.2) is 0 Å². The summed E-state index contributed by atoms with van der Waals surface area (Å²) in [6.07, 6.45) is 2.27. The van der Waals surface area contributed by atoms with Crippen LogP contribution in [0.5, 0.6) is 0 Å². The summed E-state index contributed by atoms with van der Waals surface area (Å²) in [4.78, 5) is 15.3. The van der Waals surface area contributed by atoms with Gasteiger partial charge in [-0.05, 0) is 18.6 Å². The number of nitrogens with zero attached hydrogens (tertiary/aromatic N) is 2. The summed E-state index contributed by atoms with van der Waals surface area (Å²) < 4.78 is 0. The molecule has 5 heteroatoms. The van der Waals surface area contributed by atoms with Crippen LogP contribution >= 0.6 is 15.9 Å². The molecule has 15 heavy (non-hydrogen) atoms. The number of rotatable bonds is 4. The van der Waals surface area contributed by atoms with E-state index in [9.17, 15) is 4.79 Å². The highest BCUT2D eigenvalue weighted by molar-refractivity contribution is 9.09. The number of aromatic nitrogens is 1. The molecule has 0 unspecified atom stereocenters. The van der Waals surface area contributed by atoms with Gasteiger partial charge in [-0.3, -0.25) is 4.79 Å². The van der Waals surface area contributed by atoms with E-state index in [0.29, 0.717) is 17.8 Å². The molecule has 0 bridgehead atoms. The maximum atomic E-state index is 11.4. The first-order valence-electron chi connectivity index (χ1n) is 4.48. The molecule has 0 saturated carbocycles. The summed E-state index contributed by atoms with van der Waals surface area (Å²) >= 11 is 3.27. The molecule has 0 saturated heterocycles. The molecule has 0 fully saturated rings. The highest BCUT2D eigenvalue weighted by atomic mass is 79.9. The third kappa shape index (κ3) is 3.68. The van der Waals surface area contributed by atoms with Gasteiger partial charge in [-0.25, -0.2) is 4.98 Å². The number of carbonyl (C=O) groups is 1. The SMILES string of the molecule is N#Cc1ccc(C(=O)NCCCBr)nc1. The Bertz CT molecular complexity index is 369. The van der Waals surface area contributed by atoms with Crippen molar-refractivity contribution in [2.75, 3.05) is 11.9 Å². The first-order chi connectivity index (χ1) is 7.27. The topological polar surface area (TPSA) is 65.8 Å². The lowest BCUT2D eigenvalue weighted by Gasteiger charge is -2.02. The number of alkyl halides is 1. The van der Waals surface area contributed by atoms with Crippen LogP contribution in [-0.4, -0.2) is 22.8 Å². The summed E-state index contributed by atoms with van der Waals surface area (Å²) in [6, 6.07) is 5.06. The Hall–Kier alpha value is -1.41. The van der Waals surface area contributed by atoms with Gasteiger partial charge in [0.1, 0.15) is 11.8 Å². The zero-order chi connectivity index (χ0) is 11.1. The Morgan fingerprint density at radius 2 is 2.40 bits per heavy atom. The van der Waals surface area contributed by atoms with Gasteiger partial charge in [-0.1, -0.05) is 15.9 Å². The molecule has 0 aliphatic heterocycles. The molecular formula is C10H10BrN3O. The second-order valence-corrected chi connectivity index (χ2v) is 3.64. The molecule has 0 atom stereocenters. The van der Waals surface area contributed by atoms with Gasteiger partial charge >= 0.3 is 0 Å². The number of nitrogens with one attached hydrogen (secondary N) is 1. The number of hydrogen-bond donors (Lipinski definition) is 1. The summed E-state index contributed by atoms with van der Waals surface area (Å²) in [5, 5.41) is 12.1. The Morgan fingerprint density at radius 1 is 1.60 bits per heavy atom. The Labute approximate surface area is 96.4 Å². The number of hydrogen-bond acceptors (Lipinski definition) is 3. The van der Waals surface area contributed by atoms with Crippen LogP contribution in [-0.2, 0) is 0 Å². The lowest BCUT2D eigenvalue weighted by molar-refractivity contribution is 0.0949. The van der Waals surface area contributed by atoms with E-state index in [4.69, 9.17) is 5.26 Å². The third-order valence-electron chi connectivity index (χ3n) is 1.72. The van der Waals surface area contributed by atoms with Crippen LogP contribution in [0.1, 0.15) is 22.5 Å². The molecule has 1 amide bonds. The van der Waals surface area contributed by atoms with Crippen LogP contribution < -0.4 is 5.32 Å². The summed E-state index contributed by atoms with van der Waals surface area (Å²) in [5.74, 6) is -0.208. The molecule has 1 aromatic rings. The molecule has 4 nitrogen and oxygen atoms in total. The van der Waals surface area contributed by atoms with E-state index in [1.165, 1.54) is 6.20 Å². The second-order valence-electron chi connectivity index (χ2n) is 2.84. The van der Waals surface area contributed by atoms with Crippen LogP contribution in [0.3, 0.4) is 0 Å². The molecule has 0 aliphatic carbocycles. The van der Waals surface area contributed by atoms with E-state index in [0.717, 1.165) is 11.8 Å². The molecular weight excluding hydrogens is 258 g/mol. The Morgan fingerprint density at radius 3 is 2.93 bits per heavy atom. The van der Waals surface area contributed by atoms with Gasteiger partial charge in [0.2, 0.25) is 0 Å². The largest absolute Gasteiger partial charge is 0.351 e. The van der Waals surface area contributed by atoms with Crippen molar-refractivity contribution in [3.63, 3.8) is 0 Å². The van der Waals surface area contributed by atoms with Crippen molar-refractivity contribution in [2.24, 2.45) is 0 Å². The van der Waals surface area contributed by atoms with Crippen molar-refractivity contribution in [3.05, 3.63) is 29.6 Å². The fraction of sp³-hybridized carbons (Fsp3) is 0.300. The van der Waals surface area contributed by atoms with E-state index in [1.54, 1.807) is 12.1 Å². The van der Waals surface area contributed by atoms with E-state index < -0.39 is 0 Å². The lowest BCUT2D eigenvalue weighted by atomic mass is 10.2. The normalized spacial score (nSPS) is 9.33. The van der Waals surface area contributed by atoms with Crippen LogP contribution in [0.4, 0.5) is 0 Å². The monoisotopic (exact) mass is 267 g/mol. The van der Waals surface area contributed by atoms with E-state index in [1.807, 2.05) is 6.07 Å². The van der Waals surface area contributed by atoms with Crippen LogP contribution in [0.2, 0.25) is 0 Å². The van der Waals surface area contributed by atoms with Gasteiger partial charge in [-0.15, -0.1) is 0 Å². The van der Waals surface area contributed by atoms with Crippen LogP contribution in [0.15, 0.2) is 18.3 Å². The van der Waals surface area contributed by atoms with Crippen molar-refractivity contribution < 1.29 is 4.79 Å². The quantitative estimate of drug-likeness (QED) is 0.664. The van der Waals surface area contributed by atoms with Gasteiger partial charge in [0.05, 0.1) is 5.56 Å². The maximum Gasteiger partial charge on any atom is 0.269 e. The first-order valence-corrected chi connectivity index (χ1v) is 5.60. The fourth-order valence-electron chi connectivity index (χ4n) is 0.954. The lowest BCUT2D eigenvalue weighted by Crippen LogP contribution is -2.25. The Balaban J connectivity index is 2.55. The maximum absolute atomic E-state index is 11.4. The van der Waals surface area contributed by atoms with Gasteiger partial charge in [0, 0.05) is 18.1 Å². The van der Waals surface area contributed by atoms with Crippen molar-refractivity contribution >= 4 is 21.8 Å². The number of nitriles is 1. The number of pyridine rings is 1. The average molecular weight is 268 g/mol. The van der Waals surface area contributed by atoms with E-state index >= 15 is 0 Å². The number of amides is 1. The standard InChI is InChI=1S/C10H10BrN3O/c11-4-1-5-13-10(15)9-3-2-8(6-12)7-14-9/h2-3,7H,1,4-5H2,(H,13,15). The van der Waals surface area contributed by atoms with Crippen molar-refractivity contribution in [3.8, 4) is 6.07 Å². The molecule has 1 N–H and O–H groups in total. The zero-order valence-electron chi connectivity index (χ0n) is 8.03.